The molecular formula is C26H36ClN7O2. The number of amides is 2. The third-order valence-electron chi connectivity index (χ3n) is 6.21. The molecule has 1 fully saturated rings. The molecule has 2 amide bonds. The van der Waals surface area contributed by atoms with Gasteiger partial charge in [-0.25, -0.2) is 4.98 Å². The number of anilines is 1. The zero-order valence-corrected chi connectivity index (χ0v) is 22.6. The Balaban J connectivity index is 1.84. The summed E-state index contributed by atoms with van der Waals surface area (Å²) in [6.07, 6.45) is 1.27. The second-order valence-electron chi connectivity index (χ2n) is 10.4. The molecular weight excluding hydrogens is 478 g/mol. The number of amidine groups is 1. The molecule has 1 aliphatic heterocycles. The number of nitrogens with zero attached hydrogens (tertiary/aromatic N) is 4. The number of nitrogens with one attached hydrogen (secondary N) is 1. The van der Waals surface area contributed by atoms with Gasteiger partial charge in [-0.3, -0.25) is 14.6 Å². The molecule has 0 spiro atoms. The fourth-order valence-electron chi connectivity index (χ4n) is 4.30. The van der Waals surface area contributed by atoms with Gasteiger partial charge in [-0.1, -0.05) is 39.0 Å². The molecule has 1 aliphatic rings. The van der Waals surface area contributed by atoms with Gasteiger partial charge in [-0.2, -0.15) is 0 Å². The topological polar surface area (TPSA) is 132 Å². The summed E-state index contributed by atoms with van der Waals surface area (Å²) in [5, 5.41) is 3.58. The Morgan fingerprint density at radius 2 is 1.97 bits per heavy atom. The smallest absolute Gasteiger partial charge is 0.270 e. The van der Waals surface area contributed by atoms with Crippen LogP contribution < -0.4 is 16.8 Å². The third-order valence-corrected chi connectivity index (χ3v) is 6.52. The Labute approximate surface area is 217 Å². The molecule has 0 unspecified atom stereocenters. The maximum absolute atomic E-state index is 13.1. The molecule has 9 nitrogen and oxygen atoms in total. The van der Waals surface area contributed by atoms with Crippen LogP contribution in [-0.2, 0) is 16.8 Å². The lowest BCUT2D eigenvalue weighted by atomic mass is 9.85. The predicted octanol–water partition coefficient (Wildman–Crippen LogP) is 3.34. The minimum Gasteiger partial charge on any atom is -0.398 e. The van der Waals surface area contributed by atoms with Crippen LogP contribution in [0.15, 0.2) is 29.8 Å². The van der Waals surface area contributed by atoms with E-state index in [0.29, 0.717) is 46.6 Å². The Bertz CT molecular complexity index is 1220. The highest BCUT2D eigenvalue weighted by Gasteiger charge is 2.32. The molecule has 2 aromatic rings. The van der Waals surface area contributed by atoms with Gasteiger partial charge in [0.15, 0.2) is 0 Å². The Morgan fingerprint density at radius 1 is 1.33 bits per heavy atom. The van der Waals surface area contributed by atoms with Crippen molar-refractivity contribution < 1.29 is 9.59 Å². The van der Waals surface area contributed by atoms with E-state index in [9.17, 15) is 9.59 Å². The summed E-state index contributed by atoms with van der Waals surface area (Å²) in [5.41, 5.74) is 15.4. The number of imidazole rings is 1. The summed E-state index contributed by atoms with van der Waals surface area (Å²) in [6.45, 7) is 16.5. The van der Waals surface area contributed by atoms with E-state index in [4.69, 9.17) is 23.1 Å². The molecule has 0 radical (unpaired) electrons. The molecule has 36 heavy (non-hydrogen) atoms. The molecule has 5 N–H and O–H groups in total. The molecule has 0 aliphatic carbocycles. The van der Waals surface area contributed by atoms with Crippen molar-refractivity contribution in [1.82, 2.24) is 19.8 Å². The van der Waals surface area contributed by atoms with E-state index in [1.54, 1.807) is 17.9 Å². The summed E-state index contributed by atoms with van der Waals surface area (Å²) in [4.78, 5) is 35.6. The van der Waals surface area contributed by atoms with Crippen LogP contribution in [0.3, 0.4) is 0 Å². The SMILES string of the molecule is C=CC(=O)N1CC(NC(=O)c2c(C)nc(CN=C(N)c3cc(C(C)(C)C)c(Cl)cc3N)n2C(C)C)C1. The minimum atomic E-state index is -0.232. The fraction of sp³-hybridized carbons (Fsp3) is 0.462. The highest BCUT2D eigenvalue weighted by atomic mass is 35.5. The average molecular weight is 514 g/mol. The number of rotatable bonds is 7. The lowest BCUT2D eigenvalue weighted by molar-refractivity contribution is -0.130. The van der Waals surface area contributed by atoms with Crippen molar-refractivity contribution >= 4 is 34.9 Å². The highest BCUT2D eigenvalue weighted by Crippen LogP contribution is 2.33. The van der Waals surface area contributed by atoms with Crippen LogP contribution in [0.5, 0.6) is 0 Å². The Morgan fingerprint density at radius 3 is 2.53 bits per heavy atom. The molecule has 194 valence electrons. The van der Waals surface area contributed by atoms with Crippen LogP contribution in [0.2, 0.25) is 5.02 Å². The monoisotopic (exact) mass is 513 g/mol. The predicted molar refractivity (Wildman–Crippen MR) is 144 cm³/mol. The van der Waals surface area contributed by atoms with E-state index in [-0.39, 0.29) is 41.7 Å². The molecule has 0 bridgehead atoms. The minimum absolute atomic E-state index is 0.0355. The maximum Gasteiger partial charge on any atom is 0.270 e. The largest absolute Gasteiger partial charge is 0.398 e. The van der Waals surface area contributed by atoms with Crippen LogP contribution >= 0.6 is 11.6 Å². The summed E-state index contributed by atoms with van der Waals surface area (Å²) in [6, 6.07) is 3.44. The van der Waals surface area contributed by atoms with Crippen LogP contribution in [-0.4, -0.2) is 51.2 Å². The fourth-order valence-corrected chi connectivity index (χ4v) is 4.76. The number of halogens is 1. The van der Waals surface area contributed by atoms with E-state index >= 15 is 0 Å². The van der Waals surface area contributed by atoms with Gasteiger partial charge in [-0.05, 0) is 50.0 Å². The van der Waals surface area contributed by atoms with Gasteiger partial charge in [-0.15, -0.1) is 0 Å². The first-order chi connectivity index (χ1) is 16.7. The molecule has 0 saturated carbocycles. The van der Waals surface area contributed by atoms with Crippen molar-refractivity contribution in [3.63, 3.8) is 0 Å². The van der Waals surface area contributed by atoms with E-state index in [2.05, 4.69) is 42.6 Å². The first kappa shape index (κ1) is 27.3. The molecule has 0 atom stereocenters. The van der Waals surface area contributed by atoms with Crippen molar-refractivity contribution in [1.29, 1.82) is 0 Å². The summed E-state index contributed by atoms with van der Waals surface area (Å²) in [7, 11) is 0. The first-order valence-corrected chi connectivity index (χ1v) is 12.3. The molecule has 1 aromatic carbocycles. The standard InChI is InChI=1S/C26H36ClN7O2/c1-8-22(35)33-12-16(13-33)32-25(36)23-15(4)31-21(34(23)14(2)3)11-30-24(29)17-9-18(26(5,6)7)19(27)10-20(17)28/h8-10,14,16H,1,11-13,28H2,2-7H3,(H2,29,30)(H,32,36). The molecule has 1 aromatic heterocycles. The number of benzene rings is 1. The number of aromatic nitrogens is 2. The molecule has 2 heterocycles. The van der Waals surface area contributed by atoms with Gasteiger partial charge in [0.1, 0.15) is 17.4 Å². The number of nitrogens with two attached hydrogens (primary N) is 2. The van der Waals surface area contributed by atoms with Crippen molar-refractivity contribution in [2.75, 3.05) is 18.8 Å². The second-order valence-corrected chi connectivity index (χ2v) is 10.8. The number of carbonyl (C=O) groups is 2. The second kappa shape index (κ2) is 10.3. The van der Waals surface area contributed by atoms with Crippen molar-refractivity contribution in [2.45, 2.75) is 65.6 Å². The summed E-state index contributed by atoms with van der Waals surface area (Å²) >= 11 is 6.42. The van der Waals surface area contributed by atoms with Gasteiger partial charge >= 0.3 is 0 Å². The van der Waals surface area contributed by atoms with Gasteiger partial charge in [0.2, 0.25) is 5.91 Å². The number of carbonyl (C=O) groups excluding carboxylic acids is 2. The summed E-state index contributed by atoms with van der Waals surface area (Å²) < 4.78 is 1.87. The maximum atomic E-state index is 13.1. The van der Waals surface area contributed by atoms with Gasteiger partial charge in [0.25, 0.3) is 5.91 Å². The number of hydrogen-bond donors (Lipinski definition) is 3. The lowest BCUT2D eigenvalue weighted by Gasteiger charge is -2.39. The zero-order chi connectivity index (χ0) is 26.9. The normalized spacial score (nSPS) is 14.7. The third kappa shape index (κ3) is 5.56. The number of aryl methyl sites for hydroxylation is 1. The van der Waals surface area contributed by atoms with E-state index in [0.717, 1.165) is 5.56 Å². The quantitative estimate of drug-likeness (QED) is 0.226. The summed E-state index contributed by atoms with van der Waals surface area (Å²) in [5.74, 6) is 0.524. The van der Waals surface area contributed by atoms with E-state index in [1.165, 1.54) is 6.08 Å². The lowest BCUT2D eigenvalue weighted by Crippen LogP contribution is -2.60. The number of hydrogen-bond acceptors (Lipinski definition) is 5. The van der Waals surface area contributed by atoms with Crippen LogP contribution in [0.1, 0.15) is 73.8 Å². The number of aliphatic imine (C=N–C) groups is 1. The van der Waals surface area contributed by atoms with Gasteiger partial charge in [0.05, 0.1) is 18.3 Å². The Kier molecular flexibility index (Phi) is 7.83. The van der Waals surface area contributed by atoms with Crippen molar-refractivity contribution in [3.8, 4) is 0 Å². The number of nitrogen functional groups attached to an aromatic ring is 1. The molecule has 10 heteroatoms. The molecule has 1 saturated heterocycles. The van der Waals surface area contributed by atoms with Crippen molar-refractivity contribution in [3.05, 3.63) is 58.1 Å². The zero-order valence-electron chi connectivity index (χ0n) is 21.9. The van der Waals surface area contributed by atoms with E-state index < -0.39 is 0 Å². The number of likely N-dealkylation sites (tertiary alicyclic amines) is 1. The van der Waals surface area contributed by atoms with Crippen LogP contribution in [0, 0.1) is 6.92 Å². The highest BCUT2D eigenvalue weighted by molar-refractivity contribution is 6.32. The first-order valence-electron chi connectivity index (χ1n) is 11.9. The van der Waals surface area contributed by atoms with Crippen LogP contribution in [0.25, 0.3) is 0 Å². The van der Waals surface area contributed by atoms with E-state index in [1.807, 2.05) is 24.5 Å². The van der Waals surface area contributed by atoms with Gasteiger partial charge in [0, 0.05) is 35.4 Å². The Hall–Kier alpha value is -3.33. The average Bonchev–Trinajstić information content (AvgIpc) is 3.09. The molecule has 3 rings (SSSR count). The van der Waals surface area contributed by atoms with Gasteiger partial charge < -0.3 is 26.3 Å². The van der Waals surface area contributed by atoms with Crippen LogP contribution in [0.4, 0.5) is 5.69 Å². The van der Waals surface area contributed by atoms with Crippen molar-refractivity contribution in [2.24, 2.45) is 10.7 Å².